The maximum Gasteiger partial charge on any atom is 0.330 e. The fourth-order valence-corrected chi connectivity index (χ4v) is 2.81. The second-order valence-corrected chi connectivity index (χ2v) is 5.00. The molecule has 0 aromatic carbocycles. The standard InChI is InChI=1S/C13H16O6/c1-6(11(14)15)3-7-4-8(12(16)18-2)9-5-10(7)19-13(9)17/h3,7-10H,4-5H2,1-2H3,(H,14,15). The normalized spacial score (nSPS) is 33.8. The molecule has 19 heavy (non-hydrogen) atoms. The van der Waals surface area contributed by atoms with Crippen LogP contribution in [0.15, 0.2) is 11.6 Å². The Kier molecular flexibility index (Phi) is 3.59. The predicted octanol–water partition coefficient (Wildman–Crippen LogP) is 0.758. The summed E-state index contributed by atoms with van der Waals surface area (Å²) in [6.07, 6.45) is 2.08. The van der Waals surface area contributed by atoms with E-state index in [2.05, 4.69) is 0 Å². The molecule has 0 aromatic rings. The van der Waals surface area contributed by atoms with Crippen molar-refractivity contribution in [1.82, 2.24) is 0 Å². The van der Waals surface area contributed by atoms with Crippen LogP contribution in [-0.2, 0) is 23.9 Å². The maximum absolute atomic E-state index is 11.7. The van der Waals surface area contributed by atoms with Crippen molar-refractivity contribution in [3.63, 3.8) is 0 Å². The first-order valence-corrected chi connectivity index (χ1v) is 6.14. The molecular weight excluding hydrogens is 252 g/mol. The number of carbonyl (C=O) groups excluding carboxylic acids is 2. The van der Waals surface area contributed by atoms with Gasteiger partial charge in [-0.1, -0.05) is 6.08 Å². The summed E-state index contributed by atoms with van der Waals surface area (Å²) in [5.74, 6) is -3.08. The van der Waals surface area contributed by atoms with Crippen LogP contribution in [0.5, 0.6) is 0 Å². The smallest absolute Gasteiger partial charge is 0.330 e. The molecule has 1 heterocycles. The first-order chi connectivity index (χ1) is 8.93. The number of aliphatic carboxylic acids is 1. The number of carboxylic acid groups (broad SMARTS) is 1. The summed E-state index contributed by atoms with van der Waals surface area (Å²) in [7, 11) is 1.28. The van der Waals surface area contributed by atoms with E-state index in [-0.39, 0.29) is 23.6 Å². The number of esters is 2. The highest BCUT2D eigenvalue weighted by Crippen LogP contribution is 2.43. The molecule has 4 atom stereocenters. The summed E-state index contributed by atoms with van der Waals surface area (Å²) >= 11 is 0. The minimum Gasteiger partial charge on any atom is -0.478 e. The molecule has 0 amide bonds. The highest BCUT2D eigenvalue weighted by molar-refractivity contribution is 5.86. The van der Waals surface area contributed by atoms with Crippen molar-refractivity contribution in [3.05, 3.63) is 11.6 Å². The van der Waals surface area contributed by atoms with Gasteiger partial charge < -0.3 is 14.6 Å². The first kappa shape index (κ1) is 13.6. The van der Waals surface area contributed by atoms with E-state index in [4.69, 9.17) is 14.6 Å². The molecule has 4 unspecified atom stereocenters. The van der Waals surface area contributed by atoms with Crippen molar-refractivity contribution >= 4 is 17.9 Å². The molecule has 1 saturated heterocycles. The lowest BCUT2D eigenvalue weighted by Gasteiger charge is -2.28. The Morgan fingerprint density at radius 3 is 2.68 bits per heavy atom. The second kappa shape index (κ2) is 5.03. The van der Waals surface area contributed by atoms with Crippen LogP contribution in [0.4, 0.5) is 0 Å². The topological polar surface area (TPSA) is 89.9 Å². The van der Waals surface area contributed by atoms with Gasteiger partial charge in [0.15, 0.2) is 0 Å². The Morgan fingerprint density at radius 1 is 1.42 bits per heavy atom. The first-order valence-electron chi connectivity index (χ1n) is 6.14. The maximum atomic E-state index is 11.7. The summed E-state index contributed by atoms with van der Waals surface area (Å²) in [5, 5.41) is 8.89. The zero-order valence-corrected chi connectivity index (χ0v) is 10.8. The van der Waals surface area contributed by atoms with Gasteiger partial charge in [0.2, 0.25) is 0 Å². The van der Waals surface area contributed by atoms with Crippen LogP contribution in [0, 0.1) is 17.8 Å². The molecule has 1 aliphatic carbocycles. The second-order valence-electron chi connectivity index (χ2n) is 5.00. The van der Waals surface area contributed by atoms with E-state index >= 15 is 0 Å². The van der Waals surface area contributed by atoms with Crippen LogP contribution in [0.2, 0.25) is 0 Å². The zero-order chi connectivity index (χ0) is 14.2. The molecule has 1 aliphatic heterocycles. The number of hydrogen-bond acceptors (Lipinski definition) is 5. The van der Waals surface area contributed by atoms with E-state index in [1.807, 2.05) is 0 Å². The van der Waals surface area contributed by atoms with Crippen molar-refractivity contribution in [2.45, 2.75) is 25.9 Å². The third-order valence-corrected chi connectivity index (χ3v) is 3.85. The zero-order valence-electron chi connectivity index (χ0n) is 10.8. The van der Waals surface area contributed by atoms with Crippen LogP contribution in [0.1, 0.15) is 19.8 Å². The quantitative estimate of drug-likeness (QED) is 0.600. The summed E-state index contributed by atoms with van der Waals surface area (Å²) < 4.78 is 9.92. The molecule has 0 radical (unpaired) electrons. The molecular formula is C13H16O6. The van der Waals surface area contributed by atoms with Crippen molar-refractivity contribution in [3.8, 4) is 0 Å². The lowest BCUT2D eigenvalue weighted by molar-refractivity contribution is -0.153. The van der Waals surface area contributed by atoms with Crippen LogP contribution in [0.25, 0.3) is 0 Å². The van der Waals surface area contributed by atoms with Crippen molar-refractivity contribution in [2.24, 2.45) is 17.8 Å². The van der Waals surface area contributed by atoms with Crippen molar-refractivity contribution < 1.29 is 29.0 Å². The van der Waals surface area contributed by atoms with Gasteiger partial charge >= 0.3 is 17.9 Å². The lowest BCUT2D eigenvalue weighted by Crippen LogP contribution is -2.34. The number of carboxylic acids is 1. The molecule has 1 saturated carbocycles. The minimum absolute atomic E-state index is 0.190. The van der Waals surface area contributed by atoms with E-state index in [9.17, 15) is 14.4 Å². The number of fused-ring (bicyclic) bond motifs is 2. The summed E-state index contributed by atoms with van der Waals surface area (Å²) in [4.78, 5) is 34.2. The molecule has 2 fully saturated rings. The fraction of sp³-hybridized carbons (Fsp3) is 0.615. The number of methoxy groups -OCH3 is 1. The number of hydrogen-bond donors (Lipinski definition) is 1. The average Bonchev–Trinajstić information content (AvgIpc) is 2.69. The molecule has 6 heteroatoms. The van der Waals surface area contributed by atoms with Gasteiger partial charge in [-0.25, -0.2) is 4.79 Å². The third kappa shape index (κ3) is 2.47. The predicted molar refractivity (Wildman–Crippen MR) is 63.0 cm³/mol. The number of ether oxygens (including phenoxy) is 2. The Morgan fingerprint density at radius 2 is 2.11 bits per heavy atom. The van der Waals surface area contributed by atoms with Crippen LogP contribution in [0.3, 0.4) is 0 Å². The van der Waals surface area contributed by atoms with Crippen molar-refractivity contribution in [1.29, 1.82) is 0 Å². The molecule has 6 nitrogen and oxygen atoms in total. The molecule has 0 aromatic heterocycles. The van der Waals surface area contributed by atoms with E-state index in [1.54, 1.807) is 6.08 Å². The lowest BCUT2D eigenvalue weighted by atomic mass is 9.74. The Bertz CT molecular complexity index is 452. The highest BCUT2D eigenvalue weighted by atomic mass is 16.6. The summed E-state index contributed by atoms with van der Waals surface area (Å²) in [6, 6.07) is 0. The van der Waals surface area contributed by atoms with Gasteiger partial charge in [-0.2, -0.15) is 0 Å². The number of carbonyl (C=O) groups is 3. The van der Waals surface area contributed by atoms with Gasteiger partial charge in [0.25, 0.3) is 0 Å². The Balaban J connectivity index is 2.23. The molecule has 2 aliphatic rings. The largest absolute Gasteiger partial charge is 0.478 e. The monoisotopic (exact) mass is 268 g/mol. The van der Waals surface area contributed by atoms with E-state index in [0.29, 0.717) is 12.8 Å². The van der Waals surface area contributed by atoms with Crippen LogP contribution in [-0.4, -0.2) is 36.2 Å². The van der Waals surface area contributed by atoms with Gasteiger partial charge in [-0.05, 0) is 19.8 Å². The Hall–Kier alpha value is -1.85. The average molecular weight is 268 g/mol. The van der Waals surface area contributed by atoms with Crippen LogP contribution >= 0.6 is 0 Å². The molecule has 2 rings (SSSR count). The highest BCUT2D eigenvalue weighted by Gasteiger charge is 2.51. The molecule has 1 N–H and O–H groups in total. The van der Waals surface area contributed by atoms with Gasteiger partial charge in [0.05, 0.1) is 18.9 Å². The van der Waals surface area contributed by atoms with Crippen molar-refractivity contribution in [2.75, 3.05) is 7.11 Å². The molecule has 2 bridgehead atoms. The van der Waals surface area contributed by atoms with Gasteiger partial charge in [0, 0.05) is 11.5 Å². The number of rotatable bonds is 3. The SMILES string of the molecule is COC(=O)C1CC(C=C(C)C(=O)O)C2CC1C(=O)O2. The minimum atomic E-state index is -1.01. The van der Waals surface area contributed by atoms with E-state index < -0.39 is 23.8 Å². The van der Waals surface area contributed by atoms with E-state index in [1.165, 1.54) is 14.0 Å². The molecule has 104 valence electrons. The van der Waals surface area contributed by atoms with E-state index in [0.717, 1.165) is 0 Å². The van der Waals surface area contributed by atoms with Gasteiger partial charge in [0.1, 0.15) is 6.10 Å². The van der Waals surface area contributed by atoms with Crippen LogP contribution < -0.4 is 0 Å². The summed E-state index contributed by atoms with van der Waals surface area (Å²) in [5.41, 5.74) is 0.190. The molecule has 0 spiro atoms. The summed E-state index contributed by atoms with van der Waals surface area (Å²) in [6.45, 7) is 1.48. The van der Waals surface area contributed by atoms with Gasteiger partial charge in [-0.15, -0.1) is 0 Å². The third-order valence-electron chi connectivity index (χ3n) is 3.85. The van der Waals surface area contributed by atoms with Gasteiger partial charge in [-0.3, -0.25) is 9.59 Å². The Labute approximate surface area is 110 Å². The fourth-order valence-electron chi connectivity index (χ4n) is 2.81.